The van der Waals surface area contributed by atoms with Gasteiger partial charge in [-0.3, -0.25) is 4.79 Å². The smallest absolute Gasteiger partial charge is 0.322 e. The number of halogens is 5. The molecule has 110 valence electrons. The first-order valence-electron chi connectivity index (χ1n) is 5.71. The zero-order valence-electron chi connectivity index (χ0n) is 10.3. The lowest BCUT2D eigenvalue weighted by atomic mass is 10.1. The summed E-state index contributed by atoms with van der Waals surface area (Å²) >= 11 is 5.55. The van der Waals surface area contributed by atoms with E-state index < -0.39 is 23.5 Å². The molecule has 0 atom stereocenters. The van der Waals surface area contributed by atoms with Crippen molar-refractivity contribution in [1.29, 1.82) is 0 Å². The van der Waals surface area contributed by atoms with Crippen LogP contribution < -0.4 is 5.32 Å². The predicted molar refractivity (Wildman–Crippen MR) is 70.8 cm³/mol. The lowest BCUT2D eigenvalue weighted by Gasteiger charge is -2.09. The van der Waals surface area contributed by atoms with Gasteiger partial charge in [0.1, 0.15) is 5.82 Å². The van der Waals surface area contributed by atoms with Crippen LogP contribution in [-0.2, 0) is 6.18 Å². The van der Waals surface area contributed by atoms with Crippen LogP contribution in [0.25, 0.3) is 0 Å². The molecule has 1 N–H and O–H groups in total. The zero-order chi connectivity index (χ0) is 15.6. The first-order valence-corrected chi connectivity index (χ1v) is 6.09. The average Bonchev–Trinajstić information content (AvgIpc) is 2.42. The molecule has 0 aliphatic carbocycles. The van der Waals surface area contributed by atoms with Crippen LogP contribution in [-0.4, -0.2) is 5.91 Å². The number of benzene rings is 2. The molecule has 0 aliphatic heterocycles. The Bertz CT molecular complexity index is 685. The van der Waals surface area contributed by atoms with Crippen LogP contribution >= 0.6 is 11.6 Å². The normalized spacial score (nSPS) is 11.3. The van der Waals surface area contributed by atoms with Crippen molar-refractivity contribution >= 4 is 23.2 Å². The minimum Gasteiger partial charge on any atom is -0.322 e. The van der Waals surface area contributed by atoms with Gasteiger partial charge in [0.15, 0.2) is 0 Å². The highest BCUT2D eigenvalue weighted by molar-refractivity contribution is 6.31. The highest BCUT2D eigenvalue weighted by atomic mass is 35.5. The van der Waals surface area contributed by atoms with E-state index in [0.29, 0.717) is 0 Å². The molecule has 1 amide bonds. The Balaban J connectivity index is 2.22. The Labute approximate surface area is 122 Å². The quantitative estimate of drug-likeness (QED) is 0.796. The van der Waals surface area contributed by atoms with Crippen molar-refractivity contribution in [2.75, 3.05) is 5.32 Å². The molecule has 21 heavy (non-hydrogen) atoms. The monoisotopic (exact) mass is 317 g/mol. The fraction of sp³-hybridized carbons (Fsp3) is 0.0714. The van der Waals surface area contributed by atoms with Crippen molar-refractivity contribution in [2.45, 2.75) is 6.18 Å². The molecular formula is C14H8ClF4NO. The summed E-state index contributed by atoms with van der Waals surface area (Å²) in [4.78, 5) is 11.9. The van der Waals surface area contributed by atoms with Gasteiger partial charge in [-0.05, 0) is 36.4 Å². The summed E-state index contributed by atoms with van der Waals surface area (Å²) in [5.41, 5.74) is -0.902. The summed E-state index contributed by atoms with van der Waals surface area (Å²) < 4.78 is 50.7. The summed E-state index contributed by atoms with van der Waals surface area (Å²) in [6.07, 6.45) is -4.53. The van der Waals surface area contributed by atoms with Crippen molar-refractivity contribution in [3.8, 4) is 0 Å². The largest absolute Gasteiger partial charge is 0.416 e. The fourth-order valence-corrected chi connectivity index (χ4v) is 1.79. The third kappa shape index (κ3) is 3.72. The van der Waals surface area contributed by atoms with Gasteiger partial charge in [-0.25, -0.2) is 4.39 Å². The van der Waals surface area contributed by atoms with Gasteiger partial charge in [0, 0.05) is 11.3 Å². The molecule has 0 radical (unpaired) electrons. The Morgan fingerprint density at radius 2 is 1.81 bits per heavy atom. The standard InChI is InChI=1S/C14H8ClF4NO/c15-11-7-10(4-5-12(11)16)20-13(21)8-2-1-3-9(6-8)14(17,18)19/h1-7H,(H,20,21). The zero-order valence-corrected chi connectivity index (χ0v) is 11.1. The van der Waals surface area contributed by atoms with E-state index in [1.165, 1.54) is 18.2 Å². The van der Waals surface area contributed by atoms with E-state index in [-0.39, 0.29) is 16.3 Å². The molecule has 0 heterocycles. The highest BCUT2D eigenvalue weighted by Gasteiger charge is 2.30. The number of hydrogen-bond donors (Lipinski definition) is 1. The number of amides is 1. The van der Waals surface area contributed by atoms with Crippen LogP contribution in [0.1, 0.15) is 15.9 Å². The van der Waals surface area contributed by atoms with E-state index in [9.17, 15) is 22.4 Å². The molecule has 0 saturated carbocycles. The molecule has 2 aromatic rings. The van der Waals surface area contributed by atoms with Crippen molar-refractivity contribution in [1.82, 2.24) is 0 Å². The van der Waals surface area contributed by atoms with Gasteiger partial charge in [0.25, 0.3) is 5.91 Å². The van der Waals surface area contributed by atoms with Gasteiger partial charge in [-0.1, -0.05) is 17.7 Å². The lowest BCUT2D eigenvalue weighted by molar-refractivity contribution is -0.137. The molecule has 0 fully saturated rings. The van der Waals surface area contributed by atoms with Crippen LogP contribution in [0, 0.1) is 5.82 Å². The maximum Gasteiger partial charge on any atom is 0.416 e. The van der Waals surface area contributed by atoms with Crippen LogP contribution in [0.4, 0.5) is 23.2 Å². The number of anilines is 1. The molecule has 0 aromatic heterocycles. The Morgan fingerprint density at radius 1 is 1.10 bits per heavy atom. The predicted octanol–water partition coefficient (Wildman–Crippen LogP) is 4.75. The second kappa shape index (κ2) is 5.73. The van der Waals surface area contributed by atoms with E-state index in [4.69, 9.17) is 11.6 Å². The van der Waals surface area contributed by atoms with E-state index in [1.807, 2.05) is 0 Å². The Kier molecular flexibility index (Phi) is 4.18. The van der Waals surface area contributed by atoms with E-state index >= 15 is 0 Å². The van der Waals surface area contributed by atoms with Crippen molar-refractivity contribution in [2.24, 2.45) is 0 Å². The van der Waals surface area contributed by atoms with E-state index in [0.717, 1.165) is 24.3 Å². The number of rotatable bonds is 2. The Morgan fingerprint density at radius 3 is 2.43 bits per heavy atom. The van der Waals surface area contributed by atoms with Crippen LogP contribution in [0.5, 0.6) is 0 Å². The van der Waals surface area contributed by atoms with Gasteiger partial charge < -0.3 is 5.32 Å². The minimum absolute atomic E-state index is 0.162. The molecule has 2 rings (SSSR count). The SMILES string of the molecule is O=C(Nc1ccc(F)c(Cl)c1)c1cccc(C(F)(F)F)c1. The number of carbonyl (C=O) groups excluding carboxylic acids is 1. The van der Waals surface area contributed by atoms with Crippen molar-refractivity contribution < 1.29 is 22.4 Å². The first-order chi connectivity index (χ1) is 9.77. The second-order valence-corrected chi connectivity index (χ2v) is 4.57. The topological polar surface area (TPSA) is 29.1 Å². The third-order valence-corrected chi connectivity index (χ3v) is 2.92. The van der Waals surface area contributed by atoms with Crippen LogP contribution in [0.15, 0.2) is 42.5 Å². The molecule has 0 bridgehead atoms. The maximum atomic E-state index is 13.0. The maximum absolute atomic E-state index is 13.0. The number of carbonyl (C=O) groups is 1. The summed E-state index contributed by atoms with van der Waals surface area (Å²) in [7, 11) is 0. The van der Waals surface area contributed by atoms with E-state index in [1.54, 1.807) is 0 Å². The van der Waals surface area contributed by atoms with Crippen LogP contribution in [0.2, 0.25) is 5.02 Å². The van der Waals surface area contributed by atoms with Crippen molar-refractivity contribution in [3.05, 3.63) is 64.4 Å². The molecule has 2 aromatic carbocycles. The van der Waals surface area contributed by atoms with E-state index in [2.05, 4.69) is 5.32 Å². The lowest BCUT2D eigenvalue weighted by Crippen LogP contribution is -2.14. The van der Waals surface area contributed by atoms with Crippen molar-refractivity contribution in [3.63, 3.8) is 0 Å². The molecule has 0 aliphatic rings. The summed E-state index contributed by atoms with van der Waals surface area (Å²) in [5.74, 6) is -1.41. The van der Waals surface area contributed by atoms with Gasteiger partial charge in [-0.15, -0.1) is 0 Å². The molecule has 2 nitrogen and oxygen atoms in total. The second-order valence-electron chi connectivity index (χ2n) is 4.16. The third-order valence-electron chi connectivity index (χ3n) is 2.63. The summed E-state index contributed by atoms with van der Waals surface area (Å²) in [6.45, 7) is 0. The van der Waals surface area contributed by atoms with Gasteiger partial charge in [0.05, 0.1) is 10.6 Å². The highest BCUT2D eigenvalue weighted by Crippen LogP contribution is 2.29. The number of nitrogens with one attached hydrogen (secondary N) is 1. The molecule has 0 saturated heterocycles. The summed E-state index contributed by atoms with van der Waals surface area (Å²) in [5, 5.41) is 2.15. The Hall–Kier alpha value is -2.08. The van der Waals surface area contributed by atoms with Gasteiger partial charge in [0.2, 0.25) is 0 Å². The molecule has 0 unspecified atom stereocenters. The van der Waals surface area contributed by atoms with Gasteiger partial charge >= 0.3 is 6.18 Å². The average molecular weight is 318 g/mol. The van der Waals surface area contributed by atoms with Gasteiger partial charge in [-0.2, -0.15) is 13.2 Å². The molecule has 0 spiro atoms. The summed E-state index contributed by atoms with van der Waals surface area (Å²) in [6, 6.07) is 7.45. The number of alkyl halides is 3. The first kappa shape index (κ1) is 15.3. The molecule has 7 heteroatoms. The molecular weight excluding hydrogens is 310 g/mol. The minimum atomic E-state index is -4.53. The van der Waals surface area contributed by atoms with Crippen LogP contribution in [0.3, 0.4) is 0 Å². The fourth-order valence-electron chi connectivity index (χ4n) is 1.61. The number of hydrogen-bond acceptors (Lipinski definition) is 1.